The molecular weight excluding hydrogens is 224 g/mol. The number of ether oxygens (including phenoxy) is 2. The molecule has 5 nitrogen and oxygen atoms in total. The van der Waals surface area contributed by atoms with Crippen LogP contribution in [0.3, 0.4) is 0 Å². The first-order valence-electron chi connectivity index (χ1n) is 5.62. The average molecular weight is 244 g/mol. The van der Waals surface area contributed by atoms with Crippen LogP contribution in [0, 0.1) is 5.92 Å². The van der Waals surface area contributed by atoms with Gasteiger partial charge in [-0.3, -0.25) is 9.59 Å². The van der Waals surface area contributed by atoms with Crippen molar-refractivity contribution in [3.8, 4) is 0 Å². The Bertz CT molecular complexity index is 272. The van der Waals surface area contributed by atoms with E-state index in [0.29, 0.717) is 18.6 Å². The van der Waals surface area contributed by atoms with Gasteiger partial charge in [-0.25, -0.2) is 0 Å². The van der Waals surface area contributed by atoms with Crippen LogP contribution in [0.5, 0.6) is 0 Å². The lowest BCUT2D eigenvalue weighted by Crippen LogP contribution is -2.10. The Labute approximate surface area is 101 Å². The molecule has 1 atom stereocenters. The highest BCUT2D eigenvalue weighted by atomic mass is 16.6. The Morgan fingerprint density at radius 2 is 2.06 bits per heavy atom. The molecule has 0 aliphatic heterocycles. The zero-order valence-corrected chi connectivity index (χ0v) is 10.4. The Kier molecular flexibility index (Phi) is 8.05. The van der Waals surface area contributed by atoms with Gasteiger partial charge >= 0.3 is 11.9 Å². The van der Waals surface area contributed by atoms with Crippen molar-refractivity contribution in [2.75, 3.05) is 6.79 Å². The maximum Gasteiger partial charge on any atom is 0.307 e. The maximum atomic E-state index is 11.0. The van der Waals surface area contributed by atoms with Crippen molar-refractivity contribution in [2.45, 2.75) is 39.5 Å². The molecule has 1 N–H and O–H groups in total. The van der Waals surface area contributed by atoms with Crippen molar-refractivity contribution in [3.63, 3.8) is 0 Å². The summed E-state index contributed by atoms with van der Waals surface area (Å²) < 4.78 is 9.26. The number of carbonyl (C=O) groups is 2. The number of aliphatic hydroxyl groups is 1. The van der Waals surface area contributed by atoms with Gasteiger partial charge in [0.1, 0.15) is 5.76 Å². The first-order valence-corrected chi connectivity index (χ1v) is 5.62. The van der Waals surface area contributed by atoms with E-state index in [-0.39, 0.29) is 18.3 Å². The molecule has 0 aromatic carbocycles. The molecule has 0 spiro atoms. The van der Waals surface area contributed by atoms with E-state index in [1.54, 1.807) is 0 Å². The number of allylic oxidation sites excluding steroid dienone is 1. The van der Waals surface area contributed by atoms with Crippen LogP contribution in [-0.4, -0.2) is 23.8 Å². The quantitative estimate of drug-likeness (QED) is 0.400. The molecule has 0 heterocycles. The topological polar surface area (TPSA) is 72.8 Å². The van der Waals surface area contributed by atoms with Crippen molar-refractivity contribution in [2.24, 2.45) is 5.92 Å². The van der Waals surface area contributed by atoms with Crippen molar-refractivity contribution in [3.05, 3.63) is 12.3 Å². The lowest BCUT2D eigenvalue weighted by atomic mass is 9.96. The molecule has 0 rings (SSSR count). The second-order valence-electron chi connectivity index (χ2n) is 3.79. The van der Waals surface area contributed by atoms with Crippen LogP contribution >= 0.6 is 0 Å². The number of hydrogen-bond acceptors (Lipinski definition) is 5. The molecular formula is C12H20O5. The van der Waals surface area contributed by atoms with E-state index in [1.807, 2.05) is 6.92 Å². The predicted molar refractivity (Wildman–Crippen MR) is 61.7 cm³/mol. The lowest BCUT2D eigenvalue weighted by molar-refractivity contribution is -0.152. The second kappa shape index (κ2) is 8.75. The number of rotatable bonds is 8. The molecule has 0 saturated heterocycles. The smallest absolute Gasteiger partial charge is 0.307 e. The Balaban J connectivity index is 3.95. The number of carbonyl (C=O) groups excluding carboxylic acids is 2. The summed E-state index contributed by atoms with van der Waals surface area (Å²) >= 11 is 0. The Morgan fingerprint density at radius 1 is 1.41 bits per heavy atom. The van der Waals surface area contributed by atoms with E-state index in [4.69, 9.17) is 9.84 Å². The highest BCUT2D eigenvalue weighted by molar-refractivity contribution is 5.69. The van der Waals surface area contributed by atoms with Gasteiger partial charge < -0.3 is 14.6 Å². The molecule has 0 fully saturated rings. The molecule has 98 valence electrons. The molecule has 17 heavy (non-hydrogen) atoms. The fourth-order valence-electron chi connectivity index (χ4n) is 1.48. The van der Waals surface area contributed by atoms with E-state index in [2.05, 4.69) is 11.3 Å². The van der Waals surface area contributed by atoms with Gasteiger partial charge in [0.05, 0.1) is 0 Å². The normalized spacial score (nSPS) is 11.7. The number of esters is 2. The molecule has 0 aromatic heterocycles. The summed E-state index contributed by atoms with van der Waals surface area (Å²) in [7, 11) is 0. The number of aliphatic hydroxyl groups excluding tert-OH is 1. The number of hydrogen-bond donors (Lipinski definition) is 1. The van der Waals surface area contributed by atoms with Crippen LogP contribution in [0.4, 0.5) is 0 Å². The maximum absolute atomic E-state index is 11.0. The summed E-state index contributed by atoms with van der Waals surface area (Å²) in [6.45, 7) is 6.37. The van der Waals surface area contributed by atoms with Gasteiger partial charge in [0.2, 0.25) is 0 Å². The lowest BCUT2D eigenvalue weighted by Gasteiger charge is -2.15. The van der Waals surface area contributed by atoms with Crippen molar-refractivity contribution >= 4 is 11.9 Å². The fraction of sp³-hybridized carbons (Fsp3) is 0.667. The first-order chi connectivity index (χ1) is 7.99. The molecule has 0 aromatic rings. The summed E-state index contributed by atoms with van der Waals surface area (Å²) in [5.41, 5.74) is 0. The minimum atomic E-state index is -0.588. The van der Waals surface area contributed by atoms with Crippen LogP contribution in [0.25, 0.3) is 0 Å². The van der Waals surface area contributed by atoms with E-state index in [1.165, 1.54) is 6.92 Å². The molecule has 5 heteroatoms. The van der Waals surface area contributed by atoms with Crippen LogP contribution < -0.4 is 0 Å². The van der Waals surface area contributed by atoms with Crippen LogP contribution in [0.2, 0.25) is 0 Å². The summed E-state index contributed by atoms with van der Waals surface area (Å²) in [5.74, 6) is -0.179. The van der Waals surface area contributed by atoms with Gasteiger partial charge in [-0.15, -0.1) is 0 Å². The standard InChI is InChI=1S/C12H20O5/c1-4-11(5-6-12(15)16-8-13)7-9(2)17-10(3)14/h11,13H,2,4-8H2,1,3H3. The van der Waals surface area contributed by atoms with Gasteiger partial charge in [0, 0.05) is 19.8 Å². The minimum absolute atomic E-state index is 0.216. The largest absolute Gasteiger partial charge is 0.439 e. The zero-order chi connectivity index (χ0) is 13.3. The van der Waals surface area contributed by atoms with Gasteiger partial charge in [-0.2, -0.15) is 0 Å². The average Bonchev–Trinajstić information content (AvgIpc) is 2.23. The second-order valence-corrected chi connectivity index (χ2v) is 3.79. The Hall–Kier alpha value is -1.36. The summed E-state index contributed by atoms with van der Waals surface area (Å²) in [5, 5.41) is 8.39. The highest BCUT2D eigenvalue weighted by Crippen LogP contribution is 2.20. The van der Waals surface area contributed by atoms with Crippen molar-refractivity contribution in [1.82, 2.24) is 0 Å². The molecule has 0 radical (unpaired) electrons. The van der Waals surface area contributed by atoms with Crippen molar-refractivity contribution < 1.29 is 24.2 Å². The van der Waals surface area contributed by atoms with Gasteiger partial charge in [-0.1, -0.05) is 19.9 Å². The fourth-order valence-corrected chi connectivity index (χ4v) is 1.48. The third kappa shape index (κ3) is 8.45. The molecule has 0 aliphatic rings. The highest BCUT2D eigenvalue weighted by Gasteiger charge is 2.13. The molecule has 0 bridgehead atoms. The summed E-state index contributed by atoms with van der Waals surface area (Å²) in [4.78, 5) is 21.7. The first kappa shape index (κ1) is 15.6. The van der Waals surface area contributed by atoms with E-state index < -0.39 is 12.8 Å². The zero-order valence-electron chi connectivity index (χ0n) is 10.4. The van der Waals surface area contributed by atoms with Crippen LogP contribution in [0.1, 0.15) is 39.5 Å². The predicted octanol–water partition coefficient (Wildman–Crippen LogP) is 1.75. The summed E-state index contributed by atoms with van der Waals surface area (Å²) in [6, 6.07) is 0. The third-order valence-electron chi connectivity index (χ3n) is 2.36. The van der Waals surface area contributed by atoms with Crippen LogP contribution in [-0.2, 0) is 19.1 Å². The monoisotopic (exact) mass is 244 g/mol. The molecule has 0 amide bonds. The molecule has 0 saturated carbocycles. The van der Waals surface area contributed by atoms with Crippen molar-refractivity contribution in [1.29, 1.82) is 0 Å². The van der Waals surface area contributed by atoms with Crippen LogP contribution in [0.15, 0.2) is 12.3 Å². The SMILES string of the molecule is C=C(CC(CC)CCC(=O)OCO)OC(C)=O. The molecule has 1 unspecified atom stereocenters. The van der Waals surface area contributed by atoms with Gasteiger partial charge in [0.15, 0.2) is 6.79 Å². The van der Waals surface area contributed by atoms with Gasteiger partial charge in [-0.05, 0) is 12.3 Å². The van der Waals surface area contributed by atoms with E-state index in [9.17, 15) is 9.59 Å². The minimum Gasteiger partial charge on any atom is -0.439 e. The third-order valence-corrected chi connectivity index (χ3v) is 2.36. The van der Waals surface area contributed by atoms with E-state index in [0.717, 1.165) is 6.42 Å². The molecule has 0 aliphatic carbocycles. The Morgan fingerprint density at radius 3 is 2.53 bits per heavy atom. The van der Waals surface area contributed by atoms with E-state index >= 15 is 0 Å². The van der Waals surface area contributed by atoms with Gasteiger partial charge in [0.25, 0.3) is 0 Å². The summed E-state index contributed by atoms with van der Waals surface area (Å²) in [6.07, 6.45) is 2.26.